The Morgan fingerprint density at radius 3 is 2.71 bits per heavy atom. The van der Waals surface area contributed by atoms with Gasteiger partial charge >= 0.3 is 12.0 Å². The van der Waals surface area contributed by atoms with Gasteiger partial charge in [-0.2, -0.15) is 0 Å². The minimum absolute atomic E-state index is 0.300. The molecule has 5 nitrogen and oxygen atoms in total. The highest BCUT2D eigenvalue weighted by molar-refractivity contribution is 9.11. The van der Waals surface area contributed by atoms with Crippen molar-refractivity contribution < 1.29 is 14.7 Å². The van der Waals surface area contributed by atoms with E-state index >= 15 is 0 Å². The zero-order chi connectivity index (χ0) is 13.1. The van der Waals surface area contributed by atoms with E-state index in [2.05, 4.69) is 27.8 Å². The first kappa shape index (κ1) is 14.0. The van der Waals surface area contributed by atoms with E-state index in [1.165, 1.54) is 4.90 Å². The highest BCUT2D eigenvalue weighted by Crippen LogP contribution is 2.32. The molecule has 17 heavy (non-hydrogen) atoms. The maximum atomic E-state index is 11.9. The molecule has 6 heteroatoms. The van der Waals surface area contributed by atoms with E-state index in [-0.39, 0.29) is 6.03 Å². The number of likely N-dealkylation sites (tertiary alicyclic amines) is 1. The molecule has 1 rings (SSSR count). The van der Waals surface area contributed by atoms with Crippen LogP contribution in [0.4, 0.5) is 4.79 Å². The molecular weight excluding hydrogens is 288 g/mol. The van der Waals surface area contributed by atoms with E-state index in [0.29, 0.717) is 30.4 Å². The van der Waals surface area contributed by atoms with E-state index in [9.17, 15) is 14.7 Å². The Bertz CT molecular complexity index is 346. The third-order valence-electron chi connectivity index (χ3n) is 3.15. The van der Waals surface area contributed by atoms with Crippen LogP contribution in [0.15, 0.2) is 11.1 Å². The Hall–Kier alpha value is -1.04. The highest BCUT2D eigenvalue weighted by Gasteiger charge is 2.48. The monoisotopic (exact) mass is 304 g/mol. The number of hydrogen-bond donors (Lipinski definition) is 2. The van der Waals surface area contributed by atoms with Crippen LogP contribution >= 0.6 is 15.9 Å². The Morgan fingerprint density at radius 1 is 1.59 bits per heavy atom. The number of nitrogens with zero attached hydrogens (tertiary/aromatic N) is 1. The van der Waals surface area contributed by atoms with E-state index < -0.39 is 11.5 Å². The normalized spacial score (nSPS) is 23.5. The molecule has 0 aliphatic carbocycles. The van der Waals surface area contributed by atoms with Crippen molar-refractivity contribution in [2.45, 2.75) is 31.7 Å². The number of carboxylic acid groups (broad SMARTS) is 1. The molecule has 1 aliphatic heterocycles. The third-order valence-corrected chi connectivity index (χ3v) is 3.43. The summed E-state index contributed by atoms with van der Waals surface area (Å²) in [5, 5.41) is 12.0. The molecule has 2 amide bonds. The molecular formula is C11H17BrN2O3. The topological polar surface area (TPSA) is 69.6 Å². The molecule has 1 atom stereocenters. The molecule has 1 saturated heterocycles. The SMILES string of the molecule is C=C(Br)CNC(=O)N1CCCC1(CC)C(=O)O. The number of aliphatic carboxylic acids is 1. The van der Waals surface area contributed by atoms with Gasteiger partial charge < -0.3 is 15.3 Å². The second-order valence-electron chi connectivity index (χ2n) is 4.12. The van der Waals surface area contributed by atoms with Crippen molar-refractivity contribution in [2.24, 2.45) is 0 Å². The summed E-state index contributed by atoms with van der Waals surface area (Å²) in [6.45, 7) is 6.19. The van der Waals surface area contributed by atoms with Gasteiger partial charge in [0.1, 0.15) is 5.54 Å². The van der Waals surface area contributed by atoms with E-state index in [1.807, 2.05) is 0 Å². The lowest BCUT2D eigenvalue weighted by Crippen LogP contribution is -2.55. The lowest BCUT2D eigenvalue weighted by atomic mass is 9.93. The van der Waals surface area contributed by atoms with Crippen LogP contribution in [0.3, 0.4) is 0 Å². The number of halogens is 1. The summed E-state index contributed by atoms with van der Waals surface area (Å²) in [7, 11) is 0. The zero-order valence-corrected chi connectivity index (χ0v) is 11.4. The smallest absolute Gasteiger partial charge is 0.329 e. The lowest BCUT2D eigenvalue weighted by molar-refractivity contribution is -0.148. The fourth-order valence-electron chi connectivity index (χ4n) is 2.18. The van der Waals surface area contributed by atoms with Gasteiger partial charge in [0, 0.05) is 11.0 Å². The number of carbonyl (C=O) groups is 2. The first-order valence-electron chi connectivity index (χ1n) is 5.56. The predicted molar refractivity (Wildman–Crippen MR) is 68.1 cm³/mol. The second kappa shape index (κ2) is 5.53. The summed E-state index contributed by atoms with van der Waals surface area (Å²) >= 11 is 3.14. The van der Waals surface area contributed by atoms with Crippen LogP contribution in [0.1, 0.15) is 26.2 Å². The van der Waals surface area contributed by atoms with E-state index in [1.54, 1.807) is 6.92 Å². The lowest BCUT2D eigenvalue weighted by Gasteiger charge is -2.33. The van der Waals surface area contributed by atoms with Gasteiger partial charge in [0.15, 0.2) is 0 Å². The largest absolute Gasteiger partial charge is 0.479 e. The summed E-state index contributed by atoms with van der Waals surface area (Å²) < 4.78 is 0.655. The first-order valence-corrected chi connectivity index (χ1v) is 6.35. The maximum Gasteiger partial charge on any atom is 0.329 e. The van der Waals surface area contributed by atoms with Gasteiger partial charge in [-0.15, -0.1) is 0 Å². The van der Waals surface area contributed by atoms with Crippen LogP contribution < -0.4 is 5.32 Å². The number of urea groups is 1. The van der Waals surface area contributed by atoms with Crippen molar-refractivity contribution >= 4 is 27.9 Å². The van der Waals surface area contributed by atoms with Gasteiger partial charge in [-0.25, -0.2) is 9.59 Å². The van der Waals surface area contributed by atoms with Crippen molar-refractivity contribution in [3.63, 3.8) is 0 Å². The number of carbonyl (C=O) groups excluding carboxylic acids is 1. The Labute approximate surface area is 109 Å². The molecule has 0 aromatic heterocycles. The minimum atomic E-state index is -1.04. The molecule has 0 radical (unpaired) electrons. The van der Waals surface area contributed by atoms with Crippen molar-refractivity contribution in [2.75, 3.05) is 13.1 Å². The van der Waals surface area contributed by atoms with Crippen LogP contribution in [-0.2, 0) is 4.79 Å². The fraction of sp³-hybridized carbons (Fsp3) is 0.636. The standard InChI is InChI=1S/C11H17BrN2O3/c1-3-11(9(15)16)5-4-6-14(11)10(17)13-7-8(2)12/h2-7H2,1H3,(H,13,17)(H,15,16). The summed E-state index contributed by atoms with van der Waals surface area (Å²) in [5.41, 5.74) is -1.04. The van der Waals surface area contributed by atoms with Gasteiger partial charge in [-0.3, -0.25) is 0 Å². The molecule has 1 heterocycles. The quantitative estimate of drug-likeness (QED) is 0.834. The average Bonchev–Trinajstić information content (AvgIpc) is 2.70. The minimum Gasteiger partial charge on any atom is -0.479 e. The van der Waals surface area contributed by atoms with Gasteiger partial charge in [-0.05, 0) is 19.3 Å². The van der Waals surface area contributed by atoms with Gasteiger partial charge in [0.2, 0.25) is 0 Å². The molecule has 1 fully saturated rings. The van der Waals surface area contributed by atoms with Crippen molar-refractivity contribution in [1.82, 2.24) is 10.2 Å². The predicted octanol–water partition coefficient (Wildman–Crippen LogP) is 1.93. The highest BCUT2D eigenvalue weighted by atomic mass is 79.9. The van der Waals surface area contributed by atoms with Crippen LogP contribution in [0.25, 0.3) is 0 Å². The molecule has 0 aromatic rings. The number of carboxylic acids is 1. The molecule has 0 saturated carbocycles. The molecule has 0 bridgehead atoms. The van der Waals surface area contributed by atoms with Gasteiger partial charge in [0.25, 0.3) is 0 Å². The summed E-state index contributed by atoms with van der Waals surface area (Å²) in [6.07, 6.45) is 1.66. The van der Waals surface area contributed by atoms with Crippen LogP contribution in [0.2, 0.25) is 0 Å². The van der Waals surface area contributed by atoms with Crippen LogP contribution in [0.5, 0.6) is 0 Å². The van der Waals surface area contributed by atoms with Gasteiger partial charge in [0.05, 0.1) is 6.54 Å². The summed E-state index contributed by atoms with van der Waals surface area (Å²) in [4.78, 5) is 24.7. The van der Waals surface area contributed by atoms with Crippen molar-refractivity contribution in [1.29, 1.82) is 0 Å². The fourth-order valence-corrected chi connectivity index (χ4v) is 2.32. The van der Waals surface area contributed by atoms with Gasteiger partial charge in [-0.1, -0.05) is 29.4 Å². The number of amides is 2. The van der Waals surface area contributed by atoms with Crippen molar-refractivity contribution in [3.8, 4) is 0 Å². The van der Waals surface area contributed by atoms with Crippen LogP contribution in [0, 0.1) is 0 Å². The molecule has 0 spiro atoms. The number of nitrogens with one attached hydrogen (secondary N) is 1. The molecule has 0 aromatic carbocycles. The van der Waals surface area contributed by atoms with E-state index in [0.717, 1.165) is 6.42 Å². The molecule has 1 unspecified atom stereocenters. The van der Waals surface area contributed by atoms with Crippen molar-refractivity contribution in [3.05, 3.63) is 11.1 Å². The Kier molecular flexibility index (Phi) is 4.56. The maximum absolute atomic E-state index is 11.9. The third kappa shape index (κ3) is 2.80. The summed E-state index contributed by atoms with van der Waals surface area (Å²) in [6, 6.07) is -0.340. The number of rotatable bonds is 4. The van der Waals surface area contributed by atoms with E-state index in [4.69, 9.17) is 0 Å². The first-order chi connectivity index (χ1) is 7.94. The molecule has 2 N–H and O–H groups in total. The average molecular weight is 305 g/mol. The molecule has 1 aliphatic rings. The molecule has 96 valence electrons. The Balaban J connectivity index is 2.77. The number of hydrogen-bond acceptors (Lipinski definition) is 2. The Morgan fingerprint density at radius 2 is 2.24 bits per heavy atom. The summed E-state index contributed by atoms with van der Waals surface area (Å²) in [5.74, 6) is -0.926. The zero-order valence-electron chi connectivity index (χ0n) is 9.83. The van der Waals surface area contributed by atoms with Crippen LogP contribution in [-0.4, -0.2) is 40.6 Å². The second-order valence-corrected chi connectivity index (χ2v) is 5.24.